The lowest BCUT2D eigenvalue weighted by atomic mass is 10.2. The van der Waals surface area contributed by atoms with Crippen LogP contribution in [-0.4, -0.2) is 5.25 Å². The molecule has 0 bridgehead atoms. The van der Waals surface area contributed by atoms with E-state index in [0.717, 1.165) is 6.42 Å². The molecular weight excluding hydrogens is 296 g/mol. The molecule has 118 valence electrons. The number of hydrogen-bond acceptors (Lipinski definition) is 0. The summed E-state index contributed by atoms with van der Waals surface area (Å²) in [5, 5.41) is 2.97. The second kappa shape index (κ2) is 7.06. The monoisotopic (exact) mass is 320 g/mol. The fourth-order valence-electron chi connectivity index (χ4n) is 3.20. The maximum atomic E-state index is 2.46. The van der Waals surface area contributed by atoms with Gasteiger partial charge in [-0.15, -0.1) is 0 Å². The molecule has 3 rings (SSSR count). The fourth-order valence-corrected chi connectivity index (χ4v) is 7.07. The molecule has 2 aromatic carbocycles. The normalized spacial score (nSPS) is 21.2. The van der Waals surface area contributed by atoms with Gasteiger partial charge < -0.3 is 0 Å². The van der Waals surface area contributed by atoms with Crippen LogP contribution in [0.2, 0.25) is 0 Å². The highest BCUT2D eigenvalue weighted by Crippen LogP contribution is 2.68. The minimum atomic E-state index is -1.24. The number of hydrogen-bond donors (Lipinski definition) is 0. The number of benzene rings is 2. The average Bonchev–Trinajstić information content (AvgIpc) is 2.62. The molecule has 0 nitrogen and oxygen atoms in total. The molecule has 0 heterocycles. The topological polar surface area (TPSA) is 0 Å². The molecule has 0 aliphatic heterocycles. The van der Waals surface area contributed by atoms with E-state index in [4.69, 9.17) is 0 Å². The van der Waals surface area contributed by atoms with Crippen molar-refractivity contribution in [2.45, 2.75) is 35.3 Å². The van der Waals surface area contributed by atoms with E-state index in [1.807, 2.05) is 0 Å². The zero-order chi connectivity index (χ0) is 16.1. The van der Waals surface area contributed by atoms with Crippen molar-refractivity contribution in [2.24, 2.45) is 0 Å². The molecule has 1 heteroatoms. The fraction of sp³-hybridized carbons (Fsp3) is 0.182. The van der Waals surface area contributed by atoms with Crippen molar-refractivity contribution in [3.05, 3.63) is 95.9 Å². The van der Waals surface area contributed by atoms with Crippen LogP contribution in [0, 0.1) is 6.92 Å². The molecule has 0 fully saturated rings. The van der Waals surface area contributed by atoms with Crippen molar-refractivity contribution in [2.75, 3.05) is 0 Å². The summed E-state index contributed by atoms with van der Waals surface area (Å²) in [5.41, 5.74) is 1.31. The lowest BCUT2D eigenvalue weighted by Gasteiger charge is -2.44. The van der Waals surface area contributed by atoms with Gasteiger partial charge in [-0.3, -0.25) is 0 Å². The molecule has 2 atom stereocenters. The zero-order valence-electron chi connectivity index (χ0n) is 13.9. The molecule has 1 aliphatic carbocycles. The first kappa shape index (κ1) is 15.9. The van der Waals surface area contributed by atoms with Crippen LogP contribution >= 0.6 is 10.0 Å². The minimum Gasteiger partial charge on any atom is -0.161 e. The average molecular weight is 321 g/mol. The molecule has 0 aromatic heterocycles. The molecule has 2 aromatic rings. The van der Waals surface area contributed by atoms with Crippen molar-refractivity contribution in [3.8, 4) is 0 Å². The Balaban J connectivity index is 2.23. The number of allylic oxidation sites excluding steroid dienone is 4. The van der Waals surface area contributed by atoms with Crippen LogP contribution in [-0.2, 0) is 0 Å². The first-order valence-corrected chi connectivity index (χ1v) is 9.93. The van der Waals surface area contributed by atoms with Crippen LogP contribution in [0.5, 0.6) is 0 Å². The van der Waals surface area contributed by atoms with Gasteiger partial charge in [0.2, 0.25) is 0 Å². The number of rotatable bonds is 4. The molecule has 1 aliphatic rings. The van der Waals surface area contributed by atoms with Crippen LogP contribution in [0.1, 0.15) is 18.9 Å². The van der Waals surface area contributed by atoms with Crippen molar-refractivity contribution >= 4 is 10.0 Å². The Bertz CT molecular complexity index is 722. The predicted octanol–water partition coefficient (Wildman–Crippen LogP) is 6.64. The first-order chi connectivity index (χ1) is 11.3. The molecular formula is C22H24S. The molecule has 2 unspecified atom stereocenters. The SMILES string of the molecule is CC=CS(c1ccccc1)(c1ccc(C)cc1)C1C=CC=CC1. The third-order valence-electron chi connectivity index (χ3n) is 4.31. The smallest absolute Gasteiger partial charge is 0.0219 e. The highest BCUT2D eigenvalue weighted by atomic mass is 32.3. The van der Waals surface area contributed by atoms with Crippen LogP contribution in [0.4, 0.5) is 0 Å². The Hall–Kier alpha value is -1.99. The van der Waals surface area contributed by atoms with Gasteiger partial charge in [-0.25, -0.2) is 0 Å². The molecule has 0 spiro atoms. The third-order valence-corrected chi connectivity index (χ3v) is 8.42. The summed E-state index contributed by atoms with van der Waals surface area (Å²) >= 11 is 0. The second-order valence-corrected chi connectivity index (χ2v) is 9.13. The summed E-state index contributed by atoms with van der Waals surface area (Å²) in [6, 6.07) is 20.2. The van der Waals surface area contributed by atoms with Crippen LogP contribution in [0.25, 0.3) is 0 Å². The van der Waals surface area contributed by atoms with Crippen LogP contribution < -0.4 is 0 Å². The second-order valence-electron chi connectivity index (χ2n) is 5.89. The molecule has 0 saturated carbocycles. The van der Waals surface area contributed by atoms with E-state index in [2.05, 4.69) is 104 Å². The Kier molecular flexibility index (Phi) is 4.88. The summed E-state index contributed by atoms with van der Waals surface area (Å²) in [6.45, 7) is 4.30. The molecule has 0 N–H and O–H groups in total. The van der Waals surface area contributed by atoms with E-state index >= 15 is 0 Å². The summed E-state index contributed by atoms with van der Waals surface area (Å²) in [7, 11) is -1.24. The van der Waals surface area contributed by atoms with Gasteiger partial charge in [0.25, 0.3) is 0 Å². The van der Waals surface area contributed by atoms with E-state index in [1.54, 1.807) is 0 Å². The van der Waals surface area contributed by atoms with Crippen molar-refractivity contribution < 1.29 is 0 Å². The maximum Gasteiger partial charge on any atom is 0.0219 e. The Morgan fingerprint density at radius 1 is 0.913 bits per heavy atom. The van der Waals surface area contributed by atoms with E-state index in [9.17, 15) is 0 Å². The quantitative estimate of drug-likeness (QED) is 0.592. The summed E-state index contributed by atoms with van der Waals surface area (Å²) in [4.78, 5) is 2.88. The lowest BCUT2D eigenvalue weighted by Crippen LogP contribution is -2.16. The molecule has 0 amide bonds. The first-order valence-electron chi connectivity index (χ1n) is 8.17. The van der Waals surface area contributed by atoms with E-state index < -0.39 is 10.0 Å². The van der Waals surface area contributed by atoms with Gasteiger partial charge in [-0.05, 0) is 59.7 Å². The standard InChI is InChI=1S/C22H24S/c1-3-18-23(20-10-6-4-7-11-20,21-12-8-5-9-13-21)22-16-14-19(2)15-17-22/h3-12,14-18,21H,13H2,1-2H3. The van der Waals surface area contributed by atoms with Crippen LogP contribution in [0.15, 0.2) is 100 Å². The summed E-state index contributed by atoms with van der Waals surface area (Å²) in [6.07, 6.45) is 12.4. The Labute approximate surface area is 141 Å². The third kappa shape index (κ3) is 3.07. The van der Waals surface area contributed by atoms with Gasteiger partial charge in [0.05, 0.1) is 0 Å². The van der Waals surface area contributed by atoms with E-state index in [1.165, 1.54) is 15.4 Å². The largest absolute Gasteiger partial charge is 0.161 e. The van der Waals surface area contributed by atoms with Gasteiger partial charge in [0.1, 0.15) is 0 Å². The molecule has 0 radical (unpaired) electrons. The van der Waals surface area contributed by atoms with Gasteiger partial charge in [-0.1, -0.05) is 66.3 Å². The van der Waals surface area contributed by atoms with Gasteiger partial charge in [0.15, 0.2) is 0 Å². The van der Waals surface area contributed by atoms with Gasteiger partial charge in [-0.2, -0.15) is 10.0 Å². The lowest BCUT2D eigenvalue weighted by molar-refractivity contribution is 1.03. The minimum absolute atomic E-state index is 0.508. The van der Waals surface area contributed by atoms with Gasteiger partial charge in [0, 0.05) is 5.25 Å². The summed E-state index contributed by atoms with van der Waals surface area (Å²) in [5.74, 6) is 0. The molecule has 23 heavy (non-hydrogen) atoms. The summed E-state index contributed by atoms with van der Waals surface area (Å²) < 4.78 is 0. The Morgan fingerprint density at radius 2 is 1.61 bits per heavy atom. The molecule has 0 saturated heterocycles. The van der Waals surface area contributed by atoms with Crippen molar-refractivity contribution in [1.82, 2.24) is 0 Å². The number of aryl methyl sites for hydroxylation is 1. The Morgan fingerprint density at radius 3 is 2.22 bits per heavy atom. The van der Waals surface area contributed by atoms with Gasteiger partial charge >= 0.3 is 0 Å². The highest BCUT2D eigenvalue weighted by molar-refractivity contribution is 8.36. The van der Waals surface area contributed by atoms with Crippen molar-refractivity contribution in [1.29, 1.82) is 0 Å². The highest BCUT2D eigenvalue weighted by Gasteiger charge is 2.33. The predicted molar refractivity (Wildman–Crippen MR) is 103 cm³/mol. The van der Waals surface area contributed by atoms with E-state index in [0.29, 0.717) is 5.25 Å². The van der Waals surface area contributed by atoms with E-state index in [-0.39, 0.29) is 0 Å². The van der Waals surface area contributed by atoms with Crippen LogP contribution in [0.3, 0.4) is 0 Å². The zero-order valence-corrected chi connectivity index (χ0v) is 14.7. The van der Waals surface area contributed by atoms with Crippen molar-refractivity contribution in [3.63, 3.8) is 0 Å². The maximum absolute atomic E-state index is 2.46.